The highest BCUT2D eigenvalue weighted by Crippen LogP contribution is 2.31. The third-order valence-corrected chi connectivity index (χ3v) is 4.06. The maximum absolute atomic E-state index is 12.8. The summed E-state index contributed by atoms with van der Waals surface area (Å²) in [5.74, 6) is -1.35. The Labute approximate surface area is 174 Å². The monoisotopic (exact) mass is 433 g/mol. The summed E-state index contributed by atoms with van der Waals surface area (Å²) >= 11 is 0. The zero-order valence-electron chi connectivity index (χ0n) is 18.1. The van der Waals surface area contributed by atoms with Gasteiger partial charge in [0, 0.05) is 5.92 Å². The number of halogens is 3. The van der Waals surface area contributed by atoms with Gasteiger partial charge in [-0.25, -0.2) is 4.79 Å². The maximum atomic E-state index is 12.8. The van der Waals surface area contributed by atoms with Crippen LogP contribution in [0.1, 0.15) is 58.6 Å². The van der Waals surface area contributed by atoms with Crippen molar-refractivity contribution < 1.29 is 37.3 Å². The van der Waals surface area contributed by atoms with Crippen molar-refractivity contribution in [1.82, 2.24) is 5.32 Å². The average Bonchev–Trinajstić information content (AvgIpc) is 2.57. The Balaban J connectivity index is 3.11. The van der Waals surface area contributed by atoms with E-state index in [1.807, 2.05) is 0 Å². The summed E-state index contributed by atoms with van der Waals surface area (Å²) in [7, 11) is 0. The predicted molar refractivity (Wildman–Crippen MR) is 105 cm³/mol. The van der Waals surface area contributed by atoms with E-state index < -0.39 is 53.4 Å². The smallest absolute Gasteiger partial charge is 0.416 e. The molecule has 0 unspecified atom stereocenters. The average molecular weight is 433 g/mol. The summed E-state index contributed by atoms with van der Waals surface area (Å²) in [5.41, 5.74) is -2.07. The molecule has 170 valence electrons. The van der Waals surface area contributed by atoms with Gasteiger partial charge in [-0.15, -0.1) is 0 Å². The van der Waals surface area contributed by atoms with E-state index in [2.05, 4.69) is 5.32 Å². The molecule has 0 aliphatic rings. The lowest BCUT2D eigenvalue weighted by molar-refractivity contribution is -0.154. The van der Waals surface area contributed by atoms with Gasteiger partial charge in [0.15, 0.2) is 0 Å². The molecular weight excluding hydrogens is 403 g/mol. The quantitative estimate of drug-likeness (QED) is 0.655. The van der Waals surface area contributed by atoms with Crippen LogP contribution in [0.25, 0.3) is 0 Å². The van der Waals surface area contributed by atoms with E-state index in [9.17, 15) is 27.9 Å². The van der Waals surface area contributed by atoms with E-state index in [4.69, 9.17) is 9.47 Å². The Morgan fingerprint density at radius 1 is 1.03 bits per heavy atom. The highest BCUT2D eigenvalue weighted by Gasteiger charge is 2.33. The molecule has 0 aromatic heterocycles. The fourth-order valence-electron chi connectivity index (χ4n) is 2.48. The summed E-state index contributed by atoms with van der Waals surface area (Å²) in [6.45, 7) is 9.18. The van der Waals surface area contributed by atoms with E-state index in [0.29, 0.717) is 5.56 Å². The Morgan fingerprint density at radius 3 is 1.97 bits per heavy atom. The van der Waals surface area contributed by atoms with Crippen molar-refractivity contribution in [2.75, 3.05) is 13.2 Å². The molecule has 2 N–H and O–H groups in total. The fraction of sp³-hybridized carbons (Fsp3) is 0.619. The predicted octanol–water partition coefficient (Wildman–Crippen LogP) is 4.26. The first-order valence-electron chi connectivity index (χ1n) is 9.49. The van der Waals surface area contributed by atoms with Crippen molar-refractivity contribution in [2.45, 2.75) is 65.3 Å². The van der Waals surface area contributed by atoms with Crippen molar-refractivity contribution >= 4 is 12.1 Å². The molecule has 0 aliphatic carbocycles. The van der Waals surface area contributed by atoms with E-state index >= 15 is 0 Å². The number of alkyl halides is 3. The Hall–Kier alpha value is -2.29. The molecular formula is C21H30F3NO5. The number of carbonyl (C=O) groups is 2. The van der Waals surface area contributed by atoms with E-state index in [1.54, 1.807) is 41.5 Å². The van der Waals surface area contributed by atoms with E-state index in [0.717, 1.165) is 12.1 Å². The standard InChI is InChI=1S/C21H30F3NO5/c1-19(2,3)17(27)29-12-16(25-18(28)30-20(4,5)6)15(11-26)13-7-9-14(10-8-13)21(22,23)24/h7-10,15-16,26H,11-12H2,1-6H3,(H,25,28)/t15-,16+/m1/s1. The van der Waals surface area contributed by atoms with E-state index in [-0.39, 0.29) is 6.61 Å². The molecule has 1 rings (SSSR count). The summed E-state index contributed by atoms with van der Waals surface area (Å²) in [6, 6.07) is 3.30. The first kappa shape index (κ1) is 25.7. The minimum atomic E-state index is -4.50. The first-order valence-corrected chi connectivity index (χ1v) is 9.49. The second-order valence-corrected chi connectivity index (χ2v) is 9.01. The molecule has 1 aromatic carbocycles. The number of nitrogens with one attached hydrogen (secondary N) is 1. The lowest BCUT2D eigenvalue weighted by atomic mass is 9.91. The highest BCUT2D eigenvalue weighted by molar-refractivity contribution is 5.75. The molecule has 6 nitrogen and oxygen atoms in total. The second kappa shape index (κ2) is 9.68. The van der Waals surface area contributed by atoms with Gasteiger partial charge < -0.3 is 19.9 Å². The third-order valence-electron chi connectivity index (χ3n) is 4.06. The molecule has 2 atom stereocenters. The van der Waals surface area contributed by atoms with Crippen molar-refractivity contribution in [2.24, 2.45) is 5.41 Å². The lowest BCUT2D eigenvalue weighted by Crippen LogP contribution is -2.46. The van der Waals surface area contributed by atoms with Crippen LogP contribution in [0.2, 0.25) is 0 Å². The molecule has 0 bridgehead atoms. The summed E-state index contributed by atoms with van der Waals surface area (Å²) in [4.78, 5) is 24.4. The molecule has 0 heterocycles. The van der Waals surface area contributed by atoms with Crippen molar-refractivity contribution in [3.63, 3.8) is 0 Å². The number of hydrogen-bond donors (Lipinski definition) is 2. The van der Waals surface area contributed by atoms with Crippen LogP contribution in [0.3, 0.4) is 0 Å². The fourth-order valence-corrected chi connectivity index (χ4v) is 2.48. The summed E-state index contributed by atoms with van der Waals surface area (Å²) in [6.07, 6.45) is -5.30. The maximum Gasteiger partial charge on any atom is 0.416 e. The molecule has 0 radical (unpaired) electrons. The molecule has 30 heavy (non-hydrogen) atoms. The Kier molecular flexibility index (Phi) is 8.31. The number of amides is 1. The van der Waals surface area contributed by atoms with Gasteiger partial charge in [-0.05, 0) is 59.2 Å². The molecule has 0 aliphatic heterocycles. The molecule has 9 heteroatoms. The van der Waals surface area contributed by atoms with Crippen LogP contribution in [0.15, 0.2) is 24.3 Å². The van der Waals surface area contributed by atoms with Crippen LogP contribution < -0.4 is 5.32 Å². The van der Waals surface area contributed by atoms with E-state index in [1.165, 1.54) is 12.1 Å². The van der Waals surface area contributed by atoms with Crippen molar-refractivity contribution in [3.8, 4) is 0 Å². The third kappa shape index (κ3) is 8.22. The van der Waals surface area contributed by atoms with Crippen molar-refractivity contribution in [1.29, 1.82) is 0 Å². The van der Waals surface area contributed by atoms with Gasteiger partial charge in [-0.1, -0.05) is 12.1 Å². The van der Waals surface area contributed by atoms with Crippen LogP contribution >= 0.6 is 0 Å². The van der Waals surface area contributed by atoms with Gasteiger partial charge >= 0.3 is 18.2 Å². The molecule has 0 fully saturated rings. The molecule has 0 saturated heterocycles. The lowest BCUT2D eigenvalue weighted by Gasteiger charge is -2.29. The number of aliphatic hydroxyl groups excluding tert-OH is 1. The normalized spacial score (nSPS) is 14.6. The van der Waals surface area contributed by atoms with Crippen LogP contribution in [0.5, 0.6) is 0 Å². The second-order valence-electron chi connectivity index (χ2n) is 9.01. The Bertz CT molecular complexity index is 718. The van der Waals surface area contributed by atoms with Crippen LogP contribution in [-0.2, 0) is 20.4 Å². The van der Waals surface area contributed by atoms with Gasteiger partial charge in [-0.3, -0.25) is 4.79 Å². The minimum absolute atomic E-state index is 0.290. The van der Waals surface area contributed by atoms with Gasteiger partial charge in [0.2, 0.25) is 0 Å². The summed E-state index contributed by atoms with van der Waals surface area (Å²) < 4.78 is 49.0. The molecule has 1 aromatic rings. The zero-order chi connectivity index (χ0) is 23.3. The van der Waals surface area contributed by atoms with Crippen LogP contribution in [0, 0.1) is 5.41 Å². The number of benzene rings is 1. The molecule has 1 amide bonds. The highest BCUT2D eigenvalue weighted by atomic mass is 19.4. The Morgan fingerprint density at radius 2 is 1.57 bits per heavy atom. The SMILES string of the molecule is CC(C)(C)OC(=O)N[C@@H](COC(=O)C(C)(C)C)[C@H](CO)c1ccc(C(F)(F)F)cc1. The number of esters is 1. The summed E-state index contributed by atoms with van der Waals surface area (Å²) in [5, 5.41) is 12.4. The van der Waals surface area contributed by atoms with Crippen LogP contribution in [0.4, 0.5) is 18.0 Å². The number of aliphatic hydroxyl groups is 1. The topological polar surface area (TPSA) is 84.9 Å². The first-order chi connectivity index (χ1) is 13.5. The number of alkyl carbamates (subject to hydrolysis) is 1. The number of carbonyl (C=O) groups excluding carboxylic acids is 2. The molecule has 0 spiro atoms. The minimum Gasteiger partial charge on any atom is -0.463 e. The van der Waals surface area contributed by atoms with Gasteiger partial charge in [-0.2, -0.15) is 13.2 Å². The largest absolute Gasteiger partial charge is 0.463 e. The van der Waals surface area contributed by atoms with Gasteiger partial charge in [0.05, 0.1) is 23.6 Å². The molecule has 0 saturated carbocycles. The number of ether oxygens (including phenoxy) is 2. The zero-order valence-corrected chi connectivity index (χ0v) is 18.1. The van der Waals surface area contributed by atoms with Crippen molar-refractivity contribution in [3.05, 3.63) is 35.4 Å². The number of rotatable bonds is 6. The van der Waals surface area contributed by atoms with Crippen LogP contribution in [-0.4, -0.2) is 42.0 Å². The number of hydrogen-bond acceptors (Lipinski definition) is 5. The van der Waals surface area contributed by atoms with Gasteiger partial charge in [0.25, 0.3) is 0 Å². The van der Waals surface area contributed by atoms with Gasteiger partial charge in [0.1, 0.15) is 12.2 Å².